The molecule has 84 valence electrons. The minimum Gasteiger partial charge on any atom is -0.466 e. The topological polar surface area (TPSA) is 84.5 Å². The Balaban J connectivity index is 2.33. The first-order valence-corrected chi connectivity index (χ1v) is 4.86. The lowest BCUT2D eigenvalue weighted by atomic mass is 10.1. The first kappa shape index (κ1) is 11.5. The Bertz CT molecular complexity index is 277. The van der Waals surface area contributed by atoms with E-state index in [1.165, 1.54) is 0 Å². The van der Waals surface area contributed by atoms with Gasteiger partial charge in [0.15, 0.2) is 0 Å². The van der Waals surface area contributed by atoms with Gasteiger partial charge in [0, 0.05) is 6.42 Å². The zero-order valence-electron chi connectivity index (χ0n) is 8.54. The van der Waals surface area contributed by atoms with Crippen molar-refractivity contribution in [2.75, 3.05) is 13.2 Å². The molecule has 0 spiro atoms. The Morgan fingerprint density at radius 1 is 1.53 bits per heavy atom. The van der Waals surface area contributed by atoms with Crippen LogP contribution in [0.2, 0.25) is 0 Å². The highest BCUT2D eigenvalue weighted by atomic mass is 16.5. The van der Waals surface area contributed by atoms with Crippen molar-refractivity contribution in [2.24, 2.45) is 0 Å². The van der Waals surface area contributed by atoms with E-state index in [4.69, 9.17) is 4.74 Å². The minimum atomic E-state index is -0.615. The number of nitrogens with one attached hydrogen (secondary N) is 2. The highest BCUT2D eigenvalue weighted by Crippen LogP contribution is 2.02. The van der Waals surface area contributed by atoms with E-state index in [-0.39, 0.29) is 37.2 Å². The normalized spacial score (nSPS) is 20.5. The van der Waals surface area contributed by atoms with Gasteiger partial charge in [-0.3, -0.25) is 14.4 Å². The summed E-state index contributed by atoms with van der Waals surface area (Å²) in [7, 11) is 0. The Labute approximate surface area is 87.4 Å². The van der Waals surface area contributed by atoms with Crippen LogP contribution in [0, 0.1) is 0 Å². The van der Waals surface area contributed by atoms with Gasteiger partial charge in [-0.2, -0.15) is 0 Å². The second kappa shape index (κ2) is 5.33. The second-order valence-corrected chi connectivity index (χ2v) is 3.18. The van der Waals surface area contributed by atoms with Crippen LogP contribution in [-0.2, 0) is 19.1 Å². The molecule has 0 bridgehead atoms. The maximum Gasteiger partial charge on any atom is 0.305 e. The van der Waals surface area contributed by atoms with Crippen LogP contribution in [-0.4, -0.2) is 37.0 Å². The SMILES string of the molecule is CCOC(=O)CCC1NC(=O)CNC1=O. The number of rotatable bonds is 4. The van der Waals surface area contributed by atoms with E-state index >= 15 is 0 Å². The predicted octanol–water partition coefficient (Wildman–Crippen LogP) is -1.06. The molecule has 1 rings (SSSR count). The van der Waals surface area contributed by atoms with E-state index in [1.54, 1.807) is 6.92 Å². The van der Waals surface area contributed by atoms with Crippen LogP contribution >= 0.6 is 0 Å². The third-order valence-corrected chi connectivity index (χ3v) is 2.02. The average molecular weight is 214 g/mol. The Hall–Kier alpha value is -1.59. The predicted molar refractivity (Wildman–Crippen MR) is 50.8 cm³/mol. The highest BCUT2D eigenvalue weighted by Gasteiger charge is 2.26. The lowest BCUT2D eigenvalue weighted by molar-refractivity contribution is -0.144. The monoisotopic (exact) mass is 214 g/mol. The standard InChI is InChI=1S/C9H14N2O4/c1-2-15-8(13)4-3-6-9(14)10-5-7(12)11-6/h6H,2-5H2,1H3,(H,10,14)(H,11,12). The maximum atomic E-state index is 11.2. The molecule has 2 N–H and O–H groups in total. The number of esters is 1. The smallest absolute Gasteiger partial charge is 0.305 e. The minimum absolute atomic E-state index is 0.00867. The quantitative estimate of drug-likeness (QED) is 0.584. The van der Waals surface area contributed by atoms with Crippen molar-refractivity contribution >= 4 is 17.8 Å². The van der Waals surface area contributed by atoms with Gasteiger partial charge in [-0.15, -0.1) is 0 Å². The number of carbonyl (C=O) groups is 3. The molecule has 1 aliphatic heterocycles. The molecular formula is C9H14N2O4. The van der Waals surface area contributed by atoms with Gasteiger partial charge in [0.1, 0.15) is 6.04 Å². The summed E-state index contributed by atoms with van der Waals surface area (Å²) in [5, 5.41) is 4.94. The summed E-state index contributed by atoms with van der Waals surface area (Å²) in [6.45, 7) is 2.05. The van der Waals surface area contributed by atoms with Gasteiger partial charge >= 0.3 is 5.97 Å². The summed E-state index contributed by atoms with van der Waals surface area (Å²) < 4.78 is 4.71. The molecule has 6 nitrogen and oxygen atoms in total. The number of carbonyl (C=O) groups excluding carboxylic acids is 3. The Morgan fingerprint density at radius 3 is 2.93 bits per heavy atom. The van der Waals surface area contributed by atoms with Crippen molar-refractivity contribution in [3.05, 3.63) is 0 Å². The third-order valence-electron chi connectivity index (χ3n) is 2.02. The first-order chi connectivity index (χ1) is 7.13. The van der Waals surface area contributed by atoms with Crippen molar-refractivity contribution < 1.29 is 19.1 Å². The molecule has 1 saturated heterocycles. The molecule has 1 unspecified atom stereocenters. The van der Waals surface area contributed by atoms with Crippen molar-refractivity contribution in [1.29, 1.82) is 0 Å². The molecule has 15 heavy (non-hydrogen) atoms. The van der Waals surface area contributed by atoms with Crippen molar-refractivity contribution in [3.63, 3.8) is 0 Å². The molecule has 0 saturated carbocycles. The molecule has 1 atom stereocenters. The van der Waals surface area contributed by atoms with Crippen LogP contribution in [0.1, 0.15) is 19.8 Å². The molecule has 0 aliphatic carbocycles. The van der Waals surface area contributed by atoms with Gasteiger partial charge in [0.2, 0.25) is 11.8 Å². The third kappa shape index (κ3) is 3.57. The summed E-state index contributed by atoms with van der Waals surface area (Å²) >= 11 is 0. The Kier molecular flexibility index (Phi) is 4.08. The van der Waals surface area contributed by atoms with Crippen molar-refractivity contribution in [2.45, 2.75) is 25.8 Å². The first-order valence-electron chi connectivity index (χ1n) is 4.86. The van der Waals surface area contributed by atoms with Crippen molar-refractivity contribution in [3.8, 4) is 0 Å². The average Bonchev–Trinajstić information content (AvgIpc) is 2.20. The summed E-state index contributed by atoms with van der Waals surface area (Å²) in [5.74, 6) is -0.840. The fourth-order valence-corrected chi connectivity index (χ4v) is 1.30. The van der Waals surface area contributed by atoms with E-state index in [0.29, 0.717) is 6.61 Å². The van der Waals surface area contributed by atoms with Gasteiger partial charge in [0.25, 0.3) is 0 Å². The lowest BCUT2D eigenvalue weighted by Crippen LogP contribution is -2.56. The number of piperazine rings is 1. The zero-order valence-corrected chi connectivity index (χ0v) is 8.54. The molecule has 1 aliphatic rings. The molecule has 6 heteroatoms. The number of ether oxygens (including phenoxy) is 1. The van der Waals surface area contributed by atoms with E-state index in [0.717, 1.165) is 0 Å². The van der Waals surface area contributed by atoms with Gasteiger partial charge in [-0.25, -0.2) is 0 Å². The summed E-state index contributed by atoms with van der Waals surface area (Å²) in [6.07, 6.45) is 0.405. The van der Waals surface area contributed by atoms with Crippen LogP contribution in [0.25, 0.3) is 0 Å². The molecule has 2 amide bonds. The van der Waals surface area contributed by atoms with Crippen LogP contribution in [0.5, 0.6) is 0 Å². The lowest BCUT2D eigenvalue weighted by Gasteiger charge is -2.22. The molecule has 0 radical (unpaired) electrons. The number of hydrogen-bond donors (Lipinski definition) is 2. The number of hydrogen-bond acceptors (Lipinski definition) is 4. The largest absolute Gasteiger partial charge is 0.466 e. The van der Waals surface area contributed by atoms with Gasteiger partial charge in [-0.05, 0) is 13.3 Å². The summed E-state index contributed by atoms with van der Waals surface area (Å²) in [4.78, 5) is 33.2. The fraction of sp³-hybridized carbons (Fsp3) is 0.667. The van der Waals surface area contributed by atoms with E-state index in [1.807, 2.05) is 0 Å². The molecule has 0 aromatic rings. The summed E-state index contributed by atoms with van der Waals surface area (Å²) in [5.41, 5.74) is 0. The van der Waals surface area contributed by atoms with Crippen LogP contribution in [0.4, 0.5) is 0 Å². The number of amides is 2. The molecule has 1 fully saturated rings. The van der Waals surface area contributed by atoms with Crippen molar-refractivity contribution in [1.82, 2.24) is 10.6 Å². The molecule has 0 aromatic heterocycles. The van der Waals surface area contributed by atoms with Gasteiger partial charge in [0.05, 0.1) is 13.2 Å². The fourth-order valence-electron chi connectivity index (χ4n) is 1.30. The summed E-state index contributed by atoms with van der Waals surface area (Å²) in [6, 6.07) is -0.615. The van der Waals surface area contributed by atoms with Crippen LogP contribution in [0.3, 0.4) is 0 Å². The molecule has 1 heterocycles. The van der Waals surface area contributed by atoms with Crippen LogP contribution < -0.4 is 10.6 Å². The molecular weight excluding hydrogens is 200 g/mol. The van der Waals surface area contributed by atoms with Gasteiger partial charge < -0.3 is 15.4 Å². The van der Waals surface area contributed by atoms with E-state index in [2.05, 4.69) is 10.6 Å². The van der Waals surface area contributed by atoms with E-state index in [9.17, 15) is 14.4 Å². The zero-order chi connectivity index (χ0) is 11.3. The van der Waals surface area contributed by atoms with Gasteiger partial charge in [-0.1, -0.05) is 0 Å². The Morgan fingerprint density at radius 2 is 2.27 bits per heavy atom. The maximum absolute atomic E-state index is 11.2. The highest BCUT2D eigenvalue weighted by molar-refractivity contribution is 5.94. The van der Waals surface area contributed by atoms with Crippen LogP contribution in [0.15, 0.2) is 0 Å². The second-order valence-electron chi connectivity index (χ2n) is 3.18. The molecule has 0 aromatic carbocycles. The van der Waals surface area contributed by atoms with E-state index < -0.39 is 6.04 Å².